The Morgan fingerprint density at radius 2 is 0.746 bits per heavy atom. The second kappa shape index (κ2) is 69.4. The van der Waals surface area contributed by atoms with Gasteiger partial charge in [0, 0.05) is 30.8 Å². The van der Waals surface area contributed by atoms with Crippen molar-refractivity contribution in [3.8, 4) is 6.07 Å². The minimum absolute atomic E-state index is 0. The number of Topliss-reactive ketones (excluding diaryl/α,β-unsaturated/α-hetero) is 1. The Bertz CT molecular complexity index is 1090. The number of allylic oxidation sites excluding steroid dienone is 8. The summed E-state index contributed by atoms with van der Waals surface area (Å²) in [6.07, 6.45) is 74.8. The van der Waals surface area contributed by atoms with E-state index in [1.54, 1.807) is 0 Å². The van der Waals surface area contributed by atoms with Crippen molar-refractivity contribution in [2.75, 3.05) is 0 Å². The second-order valence-electron chi connectivity index (χ2n) is 19.2. The summed E-state index contributed by atoms with van der Waals surface area (Å²) in [5.74, 6) is 0.819. The van der Waals surface area contributed by atoms with Crippen molar-refractivity contribution >= 4 is 40.4 Å². The van der Waals surface area contributed by atoms with E-state index in [-0.39, 0.29) is 7.43 Å². The SMILES string of the molecule is C.CCCCC/C=C\C/C=C\CCCCCCCCCC(=O)CCCCCCCCC.CCCCC/C=C\C/C=C\CCCCCCCCCC(C#N)CCCCCCCCC.[3H]OSC(C)I. The van der Waals surface area contributed by atoms with Crippen molar-refractivity contribution < 1.29 is 9.35 Å². The molecule has 0 aromatic rings. The van der Waals surface area contributed by atoms with Crippen molar-refractivity contribution in [1.29, 1.82) is 6.69 Å². The molecular weight excluding hydrogens is 950 g/mol. The molecule has 5 heteroatoms. The topological polar surface area (TPSA) is 61.1 Å². The van der Waals surface area contributed by atoms with Gasteiger partial charge in [-0.1, -0.05) is 286 Å². The Labute approximate surface area is 442 Å². The Balaban J connectivity index is -0.000000529. The van der Waals surface area contributed by atoms with Crippen LogP contribution in [0, 0.1) is 17.2 Å². The smallest absolute Gasteiger partial charge is 0.229 e. The molecule has 0 rings (SSSR count). The first-order valence-corrected chi connectivity index (χ1v) is 30.9. The van der Waals surface area contributed by atoms with Crippen molar-refractivity contribution in [1.82, 2.24) is 0 Å². The quantitative estimate of drug-likeness (QED) is 0.0217. The third kappa shape index (κ3) is 74.3. The Hall–Kier alpha value is -0.840. The number of unbranched alkanes of at least 4 members (excludes halogenated alkanes) is 32. The standard InChI is InChI=1S/C30H55N.C29H54O.C2H5IOS.CH4/c1-3-5-7-9-11-12-13-14-15-16-17-18-19-20-22-24-26-28-30(29-31)27-25-23-21-10-8-6-4-2;1-3-5-7-9-11-12-13-14-15-16-17-18-19-20-22-24-26-28-29(30)27-25-23-21-10-8-6-4-2;1-2(3)5-4;/h11-12,14-15,30H,3-10,13,16-28H2,1-2H3;11-12,14-15H,3-10,13,16-28H2,1-2H3;2,4H,1H3;1H4/b2*12-11-,15-14-;;/i/hT. The molecule has 3 nitrogen and oxygen atoms in total. The summed E-state index contributed by atoms with van der Waals surface area (Å²) in [7, 11) is 0. The van der Waals surface area contributed by atoms with Gasteiger partial charge in [0.05, 0.1) is 9.33 Å². The Morgan fingerprint density at radius 1 is 0.478 bits per heavy atom. The number of halogens is 1. The van der Waals surface area contributed by atoms with E-state index in [2.05, 4.69) is 110 Å². The van der Waals surface area contributed by atoms with Crippen LogP contribution in [0.2, 0.25) is 0 Å². The van der Waals surface area contributed by atoms with Crippen molar-refractivity contribution in [3.63, 3.8) is 0 Å². The molecule has 0 aromatic carbocycles. The molecule has 67 heavy (non-hydrogen) atoms. The summed E-state index contributed by atoms with van der Waals surface area (Å²) in [6, 6.07) is 2.56. The molecule has 0 saturated heterocycles. The van der Waals surface area contributed by atoms with Gasteiger partial charge in [0.15, 0.2) is 0 Å². The van der Waals surface area contributed by atoms with Gasteiger partial charge in [-0.05, 0) is 96.8 Å². The fourth-order valence-electron chi connectivity index (χ4n) is 8.07. The van der Waals surface area contributed by atoms with Crippen LogP contribution in [0.1, 0.15) is 325 Å². The van der Waals surface area contributed by atoms with Crippen molar-refractivity contribution in [2.45, 2.75) is 328 Å². The molecule has 0 aliphatic rings. The fourth-order valence-corrected chi connectivity index (χ4v) is 8.07. The maximum atomic E-state index is 11.9. The largest absolute Gasteiger partial charge is 0.329 e. The first-order valence-electron chi connectivity index (χ1n) is 29.3. The zero-order valence-electron chi connectivity index (χ0n) is 45.9. The highest BCUT2D eigenvalue weighted by Gasteiger charge is 2.07. The molecule has 0 bridgehead atoms. The van der Waals surface area contributed by atoms with E-state index >= 15 is 0 Å². The van der Waals surface area contributed by atoms with E-state index < -0.39 is 0 Å². The minimum Gasteiger partial charge on any atom is -0.329 e. The lowest BCUT2D eigenvalue weighted by molar-refractivity contribution is -0.119. The van der Waals surface area contributed by atoms with Crippen LogP contribution in [0.25, 0.3) is 1.43 Å². The van der Waals surface area contributed by atoms with Crippen LogP contribution in [-0.2, 0) is 4.79 Å². The lowest BCUT2D eigenvalue weighted by Gasteiger charge is -2.09. The molecule has 2 unspecified atom stereocenters. The van der Waals surface area contributed by atoms with Crippen LogP contribution in [0.5, 0.6) is 0 Å². The fraction of sp³-hybridized carbons (Fsp3) is 0.839. The number of ketones is 1. The van der Waals surface area contributed by atoms with Gasteiger partial charge in [-0.25, -0.2) is 0 Å². The maximum Gasteiger partial charge on any atom is 0.229 e. The van der Waals surface area contributed by atoms with E-state index in [0.29, 0.717) is 15.0 Å². The van der Waals surface area contributed by atoms with Crippen LogP contribution < -0.4 is 0 Å². The van der Waals surface area contributed by atoms with Gasteiger partial charge in [0.1, 0.15) is 5.78 Å². The van der Waals surface area contributed by atoms with Crippen molar-refractivity contribution in [3.05, 3.63) is 48.6 Å². The number of alkyl halides is 1. The Kier molecular flexibility index (Phi) is 73.0. The molecule has 0 saturated carbocycles. The third-order valence-electron chi connectivity index (χ3n) is 12.4. The first kappa shape index (κ1) is 70.4. The van der Waals surface area contributed by atoms with Crippen LogP contribution in [0.3, 0.4) is 0 Å². The van der Waals surface area contributed by atoms with Crippen LogP contribution in [0.4, 0.5) is 0 Å². The highest BCUT2D eigenvalue weighted by molar-refractivity contribution is 14.1. The molecule has 0 aliphatic heterocycles. The average Bonchev–Trinajstić information content (AvgIpc) is 3.32. The highest BCUT2D eigenvalue weighted by atomic mass is 127. The number of rotatable bonds is 50. The number of nitriles is 1. The average molecular weight is 1070 g/mol. The lowest BCUT2D eigenvalue weighted by atomic mass is 9.95. The van der Waals surface area contributed by atoms with Crippen molar-refractivity contribution in [2.24, 2.45) is 5.92 Å². The van der Waals surface area contributed by atoms with E-state index in [1.807, 2.05) is 6.92 Å². The van der Waals surface area contributed by atoms with E-state index in [9.17, 15) is 10.1 Å². The number of carbonyl (C=O) groups excluding carboxylic acids is 1. The Morgan fingerprint density at radius 3 is 1.03 bits per heavy atom. The van der Waals surface area contributed by atoms with Gasteiger partial charge >= 0.3 is 0 Å². The second-order valence-corrected chi connectivity index (χ2v) is 22.8. The van der Waals surface area contributed by atoms with E-state index in [1.165, 1.54) is 231 Å². The molecule has 396 valence electrons. The number of hydrogen-bond donors (Lipinski definition) is 1. The molecule has 0 spiro atoms. The predicted octanol–water partition coefficient (Wildman–Crippen LogP) is 23.8. The third-order valence-corrected chi connectivity index (χ3v) is 13.3. The van der Waals surface area contributed by atoms with Gasteiger partial charge in [0.25, 0.3) is 0 Å². The van der Waals surface area contributed by atoms with Crippen LogP contribution >= 0.6 is 34.6 Å². The zero-order valence-corrected chi connectivity index (χ0v) is 47.9. The summed E-state index contributed by atoms with van der Waals surface area (Å²) in [5.41, 5.74) is 0. The summed E-state index contributed by atoms with van der Waals surface area (Å²) in [6.45, 7) is 11.0. The molecule has 0 fully saturated rings. The van der Waals surface area contributed by atoms with Crippen LogP contribution in [0.15, 0.2) is 48.6 Å². The first-order chi connectivity index (χ1) is 32.9. The van der Waals surface area contributed by atoms with Gasteiger partial charge in [-0.2, -0.15) is 5.26 Å². The molecule has 1 N–H and O–H groups in total. The summed E-state index contributed by atoms with van der Waals surface area (Å²) in [4.78, 5) is 11.9. The molecule has 0 amide bonds. The van der Waals surface area contributed by atoms with Gasteiger partial charge in [0.2, 0.25) is 1.43 Å². The predicted molar refractivity (Wildman–Crippen MR) is 317 cm³/mol. The monoisotopic (exact) mass is 1070 g/mol. The number of carbonyl (C=O) groups is 1. The molecular formula is C62H118INO2S. The molecule has 2 atom stereocenters. The highest BCUT2D eigenvalue weighted by Crippen LogP contribution is 2.19. The minimum atomic E-state index is 0. The molecule has 0 radical (unpaired) electrons. The number of hydrogen-bond acceptors (Lipinski definition) is 4. The molecule has 0 heterocycles. The molecule has 0 aliphatic carbocycles. The van der Waals surface area contributed by atoms with Gasteiger partial charge < -0.3 is 4.56 Å². The zero-order chi connectivity index (χ0) is 49.6. The normalized spacial score (nSPS) is 12.5. The summed E-state index contributed by atoms with van der Waals surface area (Å²) >= 11 is 3.30. The van der Waals surface area contributed by atoms with E-state index in [0.717, 1.165) is 63.4 Å². The van der Waals surface area contributed by atoms with E-state index in [4.69, 9.17) is 1.43 Å². The maximum absolute atomic E-state index is 11.9. The van der Waals surface area contributed by atoms with Gasteiger partial charge in [-0.3, -0.25) is 4.79 Å². The lowest BCUT2D eigenvalue weighted by Crippen LogP contribution is -1.97. The number of nitrogens with zero attached hydrogens (tertiary/aromatic N) is 1. The summed E-state index contributed by atoms with van der Waals surface area (Å²) in [5, 5.41) is 9.37. The summed E-state index contributed by atoms with van der Waals surface area (Å²) < 4.78 is 10.5. The van der Waals surface area contributed by atoms with Crippen LogP contribution in [-0.4, -0.2) is 13.6 Å². The molecule has 0 aromatic heterocycles. The van der Waals surface area contributed by atoms with Gasteiger partial charge in [-0.15, -0.1) is 0 Å².